The van der Waals surface area contributed by atoms with E-state index >= 15 is 0 Å². The molecule has 0 fully saturated rings. The number of halogens is 2. The van der Waals surface area contributed by atoms with E-state index in [2.05, 4.69) is 4.99 Å². The summed E-state index contributed by atoms with van der Waals surface area (Å²) >= 11 is 11.6. The standard InChI is InChI=1S/C13H17Cl2N3O/c1-3-18(4-2)13(19)9-5-6-10(15)11(7-9)17-12(16)8-14/h5-7H,3-4,8H2,1-2H3,(H2,16,17). The van der Waals surface area contributed by atoms with E-state index in [4.69, 9.17) is 28.9 Å². The molecule has 0 saturated heterocycles. The van der Waals surface area contributed by atoms with Gasteiger partial charge < -0.3 is 10.6 Å². The van der Waals surface area contributed by atoms with Crippen molar-refractivity contribution in [3.63, 3.8) is 0 Å². The molecule has 4 nitrogen and oxygen atoms in total. The SMILES string of the molecule is CCN(CC)C(=O)c1ccc(Cl)c(N=C(N)CCl)c1. The van der Waals surface area contributed by atoms with Crippen LogP contribution in [-0.4, -0.2) is 35.6 Å². The van der Waals surface area contributed by atoms with Gasteiger partial charge in [-0.15, -0.1) is 11.6 Å². The Balaban J connectivity index is 3.12. The van der Waals surface area contributed by atoms with Crippen LogP contribution in [0.3, 0.4) is 0 Å². The number of benzene rings is 1. The molecule has 0 aliphatic carbocycles. The Morgan fingerprint density at radius 2 is 2.00 bits per heavy atom. The van der Waals surface area contributed by atoms with Crippen molar-refractivity contribution < 1.29 is 4.79 Å². The number of nitrogens with two attached hydrogens (primary N) is 1. The van der Waals surface area contributed by atoms with Crippen LogP contribution in [0.1, 0.15) is 24.2 Å². The van der Waals surface area contributed by atoms with E-state index in [1.165, 1.54) is 0 Å². The van der Waals surface area contributed by atoms with Gasteiger partial charge in [-0.05, 0) is 32.0 Å². The lowest BCUT2D eigenvalue weighted by atomic mass is 10.1. The van der Waals surface area contributed by atoms with Gasteiger partial charge in [0.2, 0.25) is 0 Å². The minimum Gasteiger partial charge on any atom is -0.386 e. The molecule has 6 heteroatoms. The highest BCUT2D eigenvalue weighted by Crippen LogP contribution is 2.26. The second kappa shape index (κ2) is 7.36. The third kappa shape index (κ3) is 4.11. The lowest BCUT2D eigenvalue weighted by Crippen LogP contribution is -2.30. The predicted octanol–water partition coefficient (Wildman–Crippen LogP) is 3.05. The first kappa shape index (κ1) is 15.8. The third-order valence-corrected chi connectivity index (χ3v) is 3.24. The number of hydrogen-bond acceptors (Lipinski definition) is 2. The molecule has 0 radical (unpaired) electrons. The fraction of sp³-hybridized carbons (Fsp3) is 0.385. The number of amides is 1. The largest absolute Gasteiger partial charge is 0.386 e. The monoisotopic (exact) mass is 301 g/mol. The van der Waals surface area contributed by atoms with E-state index in [0.29, 0.717) is 29.4 Å². The quantitative estimate of drug-likeness (QED) is 0.516. The van der Waals surface area contributed by atoms with Crippen LogP contribution in [0.2, 0.25) is 5.02 Å². The van der Waals surface area contributed by atoms with E-state index in [0.717, 1.165) is 0 Å². The summed E-state index contributed by atoms with van der Waals surface area (Å²) in [7, 11) is 0. The van der Waals surface area contributed by atoms with Crippen LogP contribution in [-0.2, 0) is 0 Å². The molecule has 0 aliphatic heterocycles. The summed E-state index contributed by atoms with van der Waals surface area (Å²) in [5, 5.41) is 0.434. The molecule has 0 saturated carbocycles. The number of hydrogen-bond donors (Lipinski definition) is 1. The average molecular weight is 302 g/mol. The van der Waals surface area contributed by atoms with Crippen LogP contribution in [0, 0.1) is 0 Å². The highest BCUT2D eigenvalue weighted by Gasteiger charge is 2.14. The van der Waals surface area contributed by atoms with Crippen molar-refractivity contribution in [2.24, 2.45) is 10.7 Å². The van der Waals surface area contributed by atoms with Crippen LogP contribution in [0.15, 0.2) is 23.2 Å². The normalized spacial score (nSPS) is 11.5. The number of nitrogens with zero attached hydrogens (tertiary/aromatic N) is 2. The number of carbonyl (C=O) groups is 1. The Morgan fingerprint density at radius 3 is 2.53 bits per heavy atom. The van der Waals surface area contributed by atoms with E-state index < -0.39 is 0 Å². The van der Waals surface area contributed by atoms with Crippen molar-refractivity contribution in [2.45, 2.75) is 13.8 Å². The molecule has 0 aromatic heterocycles. The summed E-state index contributed by atoms with van der Waals surface area (Å²) in [5.74, 6) is 0.323. The van der Waals surface area contributed by atoms with Crippen LogP contribution < -0.4 is 5.73 Å². The molecule has 0 aliphatic rings. The molecule has 1 amide bonds. The van der Waals surface area contributed by atoms with Gasteiger partial charge in [0.15, 0.2) is 0 Å². The van der Waals surface area contributed by atoms with E-state index in [9.17, 15) is 4.79 Å². The molecular weight excluding hydrogens is 285 g/mol. The Kier molecular flexibility index (Phi) is 6.12. The van der Waals surface area contributed by atoms with Crippen LogP contribution in [0.5, 0.6) is 0 Å². The molecule has 0 unspecified atom stereocenters. The van der Waals surface area contributed by atoms with Crippen molar-refractivity contribution in [2.75, 3.05) is 19.0 Å². The smallest absolute Gasteiger partial charge is 0.253 e. The minimum atomic E-state index is -0.0532. The van der Waals surface area contributed by atoms with E-state index in [1.54, 1.807) is 23.1 Å². The fourth-order valence-corrected chi connectivity index (χ4v) is 1.83. The summed E-state index contributed by atoms with van der Waals surface area (Å²) in [6.07, 6.45) is 0. The first-order chi connectivity index (χ1) is 9.03. The molecule has 0 heterocycles. The van der Waals surface area contributed by atoms with Gasteiger partial charge in [0.1, 0.15) is 5.84 Å². The van der Waals surface area contributed by atoms with Gasteiger partial charge in [-0.25, -0.2) is 4.99 Å². The van der Waals surface area contributed by atoms with Crippen molar-refractivity contribution in [3.05, 3.63) is 28.8 Å². The Morgan fingerprint density at radius 1 is 1.37 bits per heavy atom. The minimum absolute atomic E-state index is 0.0532. The van der Waals surface area contributed by atoms with Gasteiger partial charge in [0.25, 0.3) is 5.91 Å². The molecule has 0 atom stereocenters. The molecule has 1 rings (SSSR count). The number of aliphatic imine (C=N–C) groups is 1. The highest BCUT2D eigenvalue weighted by atomic mass is 35.5. The van der Waals surface area contributed by atoms with Gasteiger partial charge in [-0.1, -0.05) is 11.6 Å². The van der Waals surface area contributed by atoms with Gasteiger partial charge >= 0.3 is 0 Å². The molecule has 2 N–H and O–H groups in total. The maximum absolute atomic E-state index is 12.2. The van der Waals surface area contributed by atoms with Gasteiger partial charge in [0, 0.05) is 18.7 Å². The number of carbonyl (C=O) groups excluding carboxylic acids is 1. The molecule has 1 aromatic rings. The molecular formula is C13H17Cl2N3O. The molecule has 0 bridgehead atoms. The van der Waals surface area contributed by atoms with Gasteiger partial charge in [-0.3, -0.25) is 4.79 Å². The summed E-state index contributed by atoms with van der Waals surface area (Å²) in [6, 6.07) is 4.94. The van der Waals surface area contributed by atoms with Crippen LogP contribution in [0.25, 0.3) is 0 Å². The maximum atomic E-state index is 12.2. The molecule has 1 aromatic carbocycles. The first-order valence-electron chi connectivity index (χ1n) is 6.01. The summed E-state index contributed by atoms with van der Waals surface area (Å²) in [6.45, 7) is 5.17. The second-order valence-electron chi connectivity index (χ2n) is 3.88. The zero-order valence-electron chi connectivity index (χ0n) is 11.0. The lowest BCUT2D eigenvalue weighted by Gasteiger charge is -2.18. The maximum Gasteiger partial charge on any atom is 0.253 e. The molecule has 19 heavy (non-hydrogen) atoms. The van der Waals surface area contributed by atoms with Crippen molar-refractivity contribution in [1.82, 2.24) is 4.90 Å². The fourth-order valence-electron chi connectivity index (χ4n) is 1.61. The van der Waals surface area contributed by atoms with Crippen LogP contribution in [0.4, 0.5) is 5.69 Å². The van der Waals surface area contributed by atoms with Crippen LogP contribution >= 0.6 is 23.2 Å². The van der Waals surface area contributed by atoms with Crippen molar-refractivity contribution in [3.8, 4) is 0 Å². The zero-order valence-corrected chi connectivity index (χ0v) is 12.5. The van der Waals surface area contributed by atoms with Crippen molar-refractivity contribution in [1.29, 1.82) is 0 Å². The van der Waals surface area contributed by atoms with E-state index in [-0.39, 0.29) is 17.6 Å². The Hall–Kier alpha value is -1.26. The number of alkyl halides is 1. The molecule has 104 valence electrons. The van der Waals surface area contributed by atoms with Crippen molar-refractivity contribution >= 4 is 40.6 Å². The van der Waals surface area contributed by atoms with E-state index in [1.807, 2.05) is 13.8 Å². The number of rotatable bonds is 5. The van der Waals surface area contributed by atoms with Gasteiger partial charge in [0.05, 0.1) is 16.6 Å². The second-order valence-corrected chi connectivity index (χ2v) is 4.55. The average Bonchev–Trinajstić information content (AvgIpc) is 2.42. The first-order valence-corrected chi connectivity index (χ1v) is 6.92. The highest BCUT2D eigenvalue weighted by molar-refractivity contribution is 6.33. The Bertz CT molecular complexity index is 485. The lowest BCUT2D eigenvalue weighted by molar-refractivity contribution is 0.0773. The predicted molar refractivity (Wildman–Crippen MR) is 80.7 cm³/mol. The zero-order chi connectivity index (χ0) is 14.4. The Labute approximate surface area is 123 Å². The topological polar surface area (TPSA) is 58.7 Å². The summed E-state index contributed by atoms with van der Waals surface area (Å²) in [4.78, 5) is 18.0. The molecule has 0 spiro atoms. The van der Waals surface area contributed by atoms with Gasteiger partial charge in [-0.2, -0.15) is 0 Å². The number of amidine groups is 1. The summed E-state index contributed by atoms with van der Waals surface area (Å²) in [5.41, 5.74) is 6.57. The summed E-state index contributed by atoms with van der Waals surface area (Å²) < 4.78 is 0. The third-order valence-electron chi connectivity index (χ3n) is 2.64.